The largest absolute Gasteiger partial charge is 0.508 e. The smallest absolute Gasteiger partial charge is 0.120 e. The molecule has 0 aliphatic heterocycles. The summed E-state index contributed by atoms with van der Waals surface area (Å²) in [6, 6.07) is 9.74. The molecule has 13 heavy (non-hydrogen) atoms. The number of rotatable bonds is 0. The number of aromatic hydroxyl groups is 1. The lowest BCUT2D eigenvalue weighted by atomic mass is 10.1. The van der Waals surface area contributed by atoms with Gasteiger partial charge in [0.25, 0.3) is 0 Å². The molecule has 0 fully saturated rings. The van der Waals surface area contributed by atoms with Crippen LogP contribution in [0.1, 0.15) is 5.56 Å². The molecule has 0 radical (unpaired) electrons. The van der Waals surface area contributed by atoms with Crippen molar-refractivity contribution in [1.29, 1.82) is 0 Å². The van der Waals surface area contributed by atoms with Gasteiger partial charge in [0.05, 0.1) is 0 Å². The van der Waals surface area contributed by atoms with Gasteiger partial charge in [0.2, 0.25) is 0 Å². The van der Waals surface area contributed by atoms with Gasteiger partial charge in [-0.05, 0) is 29.3 Å². The summed E-state index contributed by atoms with van der Waals surface area (Å²) in [6.45, 7) is 1.92. The highest BCUT2D eigenvalue weighted by Crippen LogP contribution is 2.32. The lowest BCUT2D eigenvalue weighted by Crippen LogP contribution is -1.80. The van der Waals surface area contributed by atoms with Gasteiger partial charge in [-0.1, -0.05) is 40.2 Å². The Hall–Kier alpha value is -1.02. The fraction of sp³-hybridized carbons (Fsp3) is 0.0909. The summed E-state index contributed by atoms with van der Waals surface area (Å²) in [6.07, 6.45) is 0. The second-order valence-corrected chi connectivity index (χ2v) is 3.90. The van der Waals surface area contributed by atoms with Gasteiger partial charge in [0.1, 0.15) is 5.75 Å². The normalized spacial score (nSPS) is 10.6. The second-order valence-electron chi connectivity index (χ2n) is 3.05. The number of hydrogen-bond acceptors (Lipinski definition) is 1. The van der Waals surface area contributed by atoms with Gasteiger partial charge < -0.3 is 5.11 Å². The first-order chi connectivity index (χ1) is 6.20. The van der Waals surface area contributed by atoms with E-state index in [4.69, 9.17) is 0 Å². The fourth-order valence-electron chi connectivity index (χ4n) is 1.46. The minimum absolute atomic E-state index is 0.338. The average Bonchev–Trinajstić information content (AvgIpc) is 2.15. The Kier molecular flexibility index (Phi) is 2.00. The summed E-state index contributed by atoms with van der Waals surface area (Å²) in [5.74, 6) is 0.338. The van der Waals surface area contributed by atoms with Crippen molar-refractivity contribution in [2.45, 2.75) is 6.92 Å². The Morgan fingerprint density at radius 1 is 1.15 bits per heavy atom. The molecule has 0 aromatic heterocycles. The zero-order valence-electron chi connectivity index (χ0n) is 7.21. The lowest BCUT2D eigenvalue weighted by Gasteiger charge is -2.06. The van der Waals surface area contributed by atoms with Gasteiger partial charge >= 0.3 is 0 Å². The number of hydrogen-bond donors (Lipinski definition) is 1. The van der Waals surface area contributed by atoms with E-state index in [1.165, 1.54) is 0 Å². The van der Waals surface area contributed by atoms with Crippen LogP contribution in [0, 0.1) is 6.92 Å². The van der Waals surface area contributed by atoms with E-state index in [0.29, 0.717) is 5.75 Å². The van der Waals surface area contributed by atoms with Crippen LogP contribution in [-0.2, 0) is 0 Å². The van der Waals surface area contributed by atoms with Crippen molar-refractivity contribution in [3.63, 3.8) is 0 Å². The molecule has 0 bridgehead atoms. The van der Waals surface area contributed by atoms with Gasteiger partial charge in [-0.3, -0.25) is 0 Å². The molecule has 0 aliphatic carbocycles. The van der Waals surface area contributed by atoms with E-state index < -0.39 is 0 Å². The Bertz CT molecular complexity index is 463. The van der Waals surface area contributed by atoms with Crippen LogP contribution in [0.15, 0.2) is 34.8 Å². The summed E-state index contributed by atoms with van der Waals surface area (Å²) in [5.41, 5.74) is 0.929. The maximum atomic E-state index is 9.57. The van der Waals surface area contributed by atoms with Crippen LogP contribution in [0.2, 0.25) is 0 Å². The molecule has 2 aromatic rings. The quantitative estimate of drug-likeness (QED) is 0.741. The molecule has 66 valence electrons. The second kappa shape index (κ2) is 3.04. The van der Waals surface area contributed by atoms with Crippen molar-refractivity contribution in [2.24, 2.45) is 0 Å². The highest BCUT2D eigenvalue weighted by Gasteiger charge is 2.04. The van der Waals surface area contributed by atoms with Crippen molar-refractivity contribution in [2.75, 3.05) is 0 Å². The molecule has 0 spiro atoms. The third-order valence-corrected chi connectivity index (χ3v) is 2.89. The Balaban J connectivity index is 2.97. The minimum Gasteiger partial charge on any atom is -0.508 e. The van der Waals surface area contributed by atoms with E-state index >= 15 is 0 Å². The Morgan fingerprint density at radius 2 is 1.77 bits per heavy atom. The first-order valence-electron chi connectivity index (χ1n) is 4.07. The molecule has 0 aliphatic rings. The third-order valence-electron chi connectivity index (χ3n) is 2.24. The van der Waals surface area contributed by atoms with Crippen molar-refractivity contribution in [3.8, 4) is 5.75 Å². The molecule has 0 saturated heterocycles. The third kappa shape index (κ3) is 1.31. The summed E-state index contributed by atoms with van der Waals surface area (Å²) in [5, 5.41) is 11.8. The van der Waals surface area contributed by atoms with Gasteiger partial charge in [0, 0.05) is 4.47 Å². The molecule has 1 nitrogen and oxygen atoms in total. The summed E-state index contributed by atoms with van der Waals surface area (Å²) in [4.78, 5) is 0. The molecule has 0 atom stereocenters. The standard InChI is InChI=1S/C11H9BrO/c1-7-8-4-2-3-5-9(8)10(12)6-11(7)13/h2-6,13H,1H3. The van der Waals surface area contributed by atoms with Crippen LogP contribution in [0.3, 0.4) is 0 Å². The van der Waals surface area contributed by atoms with Crippen molar-refractivity contribution < 1.29 is 5.11 Å². The van der Waals surface area contributed by atoms with Crippen molar-refractivity contribution >= 4 is 26.7 Å². The monoisotopic (exact) mass is 236 g/mol. The van der Waals surface area contributed by atoms with Crippen LogP contribution < -0.4 is 0 Å². The van der Waals surface area contributed by atoms with E-state index in [2.05, 4.69) is 15.9 Å². The molecule has 2 aromatic carbocycles. The number of phenolic OH excluding ortho intramolecular Hbond substituents is 1. The number of fused-ring (bicyclic) bond motifs is 1. The molecular weight excluding hydrogens is 228 g/mol. The fourth-order valence-corrected chi connectivity index (χ4v) is 2.02. The van der Waals surface area contributed by atoms with E-state index in [1.54, 1.807) is 6.07 Å². The number of halogens is 1. The van der Waals surface area contributed by atoms with Crippen molar-refractivity contribution in [1.82, 2.24) is 0 Å². The number of benzene rings is 2. The first-order valence-corrected chi connectivity index (χ1v) is 4.86. The van der Waals surface area contributed by atoms with Crippen LogP contribution >= 0.6 is 15.9 Å². The maximum absolute atomic E-state index is 9.57. The summed E-state index contributed by atoms with van der Waals surface area (Å²) >= 11 is 3.42. The zero-order chi connectivity index (χ0) is 9.42. The molecule has 0 unspecified atom stereocenters. The number of aryl methyl sites for hydroxylation is 1. The van der Waals surface area contributed by atoms with Gasteiger partial charge in [-0.25, -0.2) is 0 Å². The molecule has 0 heterocycles. The maximum Gasteiger partial charge on any atom is 0.120 e. The van der Waals surface area contributed by atoms with Gasteiger partial charge in [-0.2, -0.15) is 0 Å². The average molecular weight is 237 g/mol. The van der Waals surface area contributed by atoms with Gasteiger partial charge in [0.15, 0.2) is 0 Å². The van der Waals surface area contributed by atoms with E-state index in [1.807, 2.05) is 31.2 Å². The SMILES string of the molecule is Cc1c(O)cc(Br)c2ccccc12. The first kappa shape index (κ1) is 8.57. The molecule has 0 amide bonds. The van der Waals surface area contributed by atoms with Crippen LogP contribution in [0.25, 0.3) is 10.8 Å². The number of phenols is 1. The summed E-state index contributed by atoms with van der Waals surface area (Å²) < 4.78 is 0.936. The topological polar surface area (TPSA) is 20.2 Å². The Morgan fingerprint density at radius 3 is 2.46 bits per heavy atom. The predicted octanol–water partition coefficient (Wildman–Crippen LogP) is 3.62. The van der Waals surface area contributed by atoms with E-state index in [0.717, 1.165) is 20.8 Å². The van der Waals surface area contributed by atoms with Crippen LogP contribution in [0.4, 0.5) is 0 Å². The molecule has 1 N–H and O–H groups in total. The Labute approximate surface area is 85.1 Å². The zero-order valence-corrected chi connectivity index (χ0v) is 8.80. The summed E-state index contributed by atoms with van der Waals surface area (Å²) in [7, 11) is 0. The van der Waals surface area contributed by atoms with E-state index in [9.17, 15) is 5.11 Å². The molecular formula is C11H9BrO. The van der Waals surface area contributed by atoms with E-state index in [-0.39, 0.29) is 0 Å². The molecule has 0 saturated carbocycles. The van der Waals surface area contributed by atoms with Crippen molar-refractivity contribution in [3.05, 3.63) is 40.4 Å². The van der Waals surface area contributed by atoms with Gasteiger partial charge in [-0.15, -0.1) is 0 Å². The highest BCUT2D eigenvalue weighted by molar-refractivity contribution is 9.10. The minimum atomic E-state index is 0.338. The van der Waals surface area contributed by atoms with Crippen LogP contribution in [0.5, 0.6) is 5.75 Å². The lowest BCUT2D eigenvalue weighted by molar-refractivity contribution is 0.472. The van der Waals surface area contributed by atoms with Crippen LogP contribution in [-0.4, -0.2) is 5.11 Å². The highest BCUT2D eigenvalue weighted by atomic mass is 79.9. The molecule has 2 heteroatoms. The predicted molar refractivity (Wildman–Crippen MR) is 58.0 cm³/mol. The molecule has 2 rings (SSSR count).